The summed E-state index contributed by atoms with van der Waals surface area (Å²) in [7, 11) is 0. The Labute approximate surface area is 135 Å². The van der Waals surface area contributed by atoms with E-state index in [4.69, 9.17) is 12.2 Å². The highest BCUT2D eigenvalue weighted by Gasteiger charge is 2.16. The van der Waals surface area contributed by atoms with Crippen LogP contribution in [0, 0.1) is 0 Å². The van der Waals surface area contributed by atoms with Crippen molar-refractivity contribution in [3.63, 3.8) is 0 Å². The molecule has 0 aromatic heterocycles. The summed E-state index contributed by atoms with van der Waals surface area (Å²) in [6.45, 7) is 1.98. The topological polar surface area (TPSA) is 48.1 Å². The molecule has 0 spiro atoms. The molecule has 0 saturated heterocycles. The summed E-state index contributed by atoms with van der Waals surface area (Å²) in [6.07, 6.45) is 2.14. The van der Waals surface area contributed by atoms with Crippen LogP contribution in [0.25, 0.3) is 0 Å². The zero-order valence-corrected chi connectivity index (χ0v) is 13.0. The number of hydrogen-bond donors (Lipinski definition) is 4. The van der Waals surface area contributed by atoms with Crippen LogP contribution in [0.3, 0.4) is 0 Å². The van der Waals surface area contributed by atoms with Crippen LogP contribution in [0.5, 0.6) is 0 Å². The Morgan fingerprint density at radius 3 is 1.82 bits per heavy atom. The van der Waals surface area contributed by atoms with Gasteiger partial charge < -0.3 is 21.3 Å². The first kappa shape index (κ1) is 13.4. The van der Waals surface area contributed by atoms with Gasteiger partial charge in [-0.1, -0.05) is 24.3 Å². The van der Waals surface area contributed by atoms with Crippen LogP contribution in [-0.2, 0) is 12.8 Å². The van der Waals surface area contributed by atoms with Gasteiger partial charge >= 0.3 is 0 Å². The highest BCUT2D eigenvalue weighted by Crippen LogP contribution is 2.32. The fourth-order valence-electron chi connectivity index (χ4n) is 3.16. The lowest BCUT2D eigenvalue weighted by Gasteiger charge is -2.16. The molecule has 22 heavy (non-hydrogen) atoms. The third-order valence-electron chi connectivity index (χ3n) is 4.19. The van der Waals surface area contributed by atoms with Crippen molar-refractivity contribution < 1.29 is 0 Å². The Morgan fingerprint density at radius 2 is 1.32 bits per heavy atom. The molecule has 0 aliphatic carbocycles. The van der Waals surface area contributed by atoms with E-state index in [-0.39, 0.29) is 0 Å². The fourth-order valence-corrected chi connectivity index (χ4v) is 3.38. The number of rotatable bonds is 2. The Bertz CT molecular complexity index is 680. The van der Waals surface area contributed by atoms with E-state index < -0.39 is 0 Å². The second-order valence-electron chi connectivity index (χ2n) is 5.61. The Balaban J connectivity index is 1.52. The molecule has 0 radical (unpaired) electrons. The van der Waals surface area contributed by atoms with Crippen LogP contribution in [0.2, 0.25) is 0 Å². The molecule has 0 bridgehead atoms. The van der Waals surface area contributed by atoms with Gasteiger partial charge in [0, 0.05) is 13.1 Å². The van der Waals surface area contributed by atoms with E-state index in [1.165, 1.54) is 22.5 Å². The van der Waals surface area contributed by atoms with Gasteiger partial charge in [-0.25, -0.2) is 0 Å². The van der Waals surface area contributed by atoms with Crippen LogP contribution in [0.15, 0.2) is 36.4 Å². The van der Waals surface area contributed by atoms with Crippen LogP contribution < -0.4 is 21.3 Å². The molecule has 2 aromatic rings. The number of hydrogen-bond acceptors (Lipinski definition) is 3. The van der Waals surface area contributed by atoms with Crippen molar-refractivity contribution in [3.8, 4) is 0 Å². The zero-order valence-electron chi connectivity index (χ0n) is 12.2. The van der Waals surface area contributed by atoms with Gasteiger partial charge in [0.2, 0.25) is 0 Å². The van der Waals surface area contributed by atoms with Crippen LogP contribution in [0.4, 0.5) is 22.7 Å². The van der Waals surface area contributed by atoms with E-state index in [2.05, 4.69) is 57.7 Å². The summed E-state index contributed by atoms with van der Waals surface area (Å²) in [5.74, 6) is 0. The standard InChI is InChI=1S/C17H18N4S/c22-17(20-13-5-1-3-11-7-9-18-15(11)13)21-14-6-2-4-12-8-10-19-16(12)14/h1-6,18-19H,7-10H2,(H2,20,21,22). The Morgan fingerprint density at radius 1 is 0.818 bits per heavy atom. The first-order chi connectivity index (χ1) is 10.8. The molecule has 4 rings (SSSR count). The van der Waals surface area contributed by atoms with Crippen molar-refractivity contribution in [1.29, 1.82) is 0 Å². The van der Waals surface area contributed by atoms with E-state index in [1.54, 1.807) is 0 Å². The van der Waals surface area contributed by atoms with Crippen molar-refractivity contribution in [2.75, 3.05) is 34.4 Å². The van der Waals surface area contributed by atoms with Gasteiger partial charge in [-0.15, -0.1) is 0 Å². The quantitative estimate of drug-likeness (QED) is 0.640. The zero-order chi connectivity index (χ0) is 14.9. The van der Waals surface area contributed by atoms with Gasteiger partial charge in [-0.2, -0.15) is 0 Å². The molecule has 4 nitrogen and oxygen atoms in total. The summed E-state index contributed by atoms with van der Waals surface area (Å²) >= 11 is 5.48. The Hall–Kier alpha value is -2.27. The molecule has 2 aromatic carbocycles. The van der Waals surface area contributed by atoms with Crippen LogP contribution >= 0.6 is 12.2 Å². The van der Waals surface area contributed by atoms with E-state index in [9.17, 15) is 0 Å². The molecule has 0 unspecified atom stereocenters. The number of nitrogens with one attached hydrogen (secondary N) is 4. The third-order valence-corrected chi connectivity index (χ3v) is 4.39. The summed E-state index contributed by atoms with van der Waals surface area (Å²) < 4.78 is 0. The molecule has 0 fully saturated rings. The number of fused-ring (bicyclic) bond motifs is 2. The van der Waals surface area contributed by atoms with Crippen molar-refractivity contribution >= 4 is 40.1 Å². The maximum Gasteiger partial charge on any atom is 0.175 e. The van der Waals surface area contributed by atoms with Crippen molar-refractivity contribution in [2.24, 2.45) is 0 Å². The van der Waals surface area contributed by atoms with Gasteiger partial charge in [-0.05, 0) is 48.3 Å². The average Bonchev–Trinajstić information content (AvgIpc) is 3.16. The molecule has 2 aliphatic heterocycles. The second-order valence-corrected chi connectivity index (χ2v) is 6.02. The maximum absolute atomic E-state index is 5.48. The van der Waals surface area contributed by atoms with Gasteiger partial charge in [-0.3, -0.25) is 0 Å². The van der Waals surface area contributed by atoms with E-state index in [1.807, 2.05) is 0 Å². The molecule has 0 saturated carbocycles. The monoisotopic (exact) mass is 310 g/mol. The SMILES string of the molecule is S=C(Nc1cccc2c1NCC2)Nc1cccc2c1NCC2. The molecular weight excluding hydrogens is 292 g/mol. The number of para-hydroxylation sites is 2. The highest BCUT2D eigenvalue weighted by molar-refractivity contribution is 7.80. The summed E-state index contributed by atoms with van der Waals surface area (Å²) in [5, 5.41) is 14.1. The molecule has 2 heterocycles. The van der Waals surface area contributed by atoms with Gasteiger partial charge in [0.15, 0.2) is 5.11 Å². The fraction of sp³-hybridized carbons (Fsp3) is 0.235. The lowest BCUT2D eigenvalue weighted by molar-refractivity contribution is 1.11. The predicted molar refractivity (Wildman–Crippen MR) is 97.1 cm³/mol. The second kappa shape index (κ2) is 5.50. The van der Waals surface area contributed by atoms with Crippen LogP contribution in [0.1, 0.15) is 11.1 Å². The third kappa shape index (κ3) is 2.37. The van der Waals surface area contributed by atoms with Gasteiger partial charge in [0.05, 0.1) is 22.7 Å². The molecule has 4 N–H and O–H groups in total. The molecule has 2 aliphatic rings. The molecule has 112 valence electrons. The lowest BCUT2D eigenvalue weighted by atomic mass is 10.1. The predicted octanol–water partition coefficient (Wildman–Crippen LogP) is 3.43. The molecular formula is C17H18N4S. The van der Waals surface area contributed by atoms with E-state index >= 15 is 0 Å². The van der Waals surface area contributed by atoms with Gasteiger partial charge in [0.25, 0.3) is 0 Å². The number of anilines is 4. The lowest BCUT2D eigenvalue weighted by Crippen LogP contribution is -2.20. The molecule has 0 atom stereocenters. The normalized spacial score (nSPS) is 14.5. The van der Waals surface area contributed by atoms with E-state index in [0.717, 1.165) is 37.3 Å². The van der Waals surface area contributed by atoms with Gasteiger partial charge in [0.1, 0.15) is 0 Å². The summed E-state index contributed by atoms with van der Waals surface area (Å²) in [4.78, 5) is 0. The highest BCUT2D eigenvalue weighted by atomic mass is 32.1. The van der Waals surface area contributed by atoms with E-state index in [0.29, 0.717) is 5.11 Å². The number of thiocarbonyl (C=S) groups is 1. The smallest absolute Gasteiger partial charge is 0.175 e. The van der Waals surface area contributed by atoms with Crippen molar-refractivity contribution in [1.82, 2.24) is 0 Å². The minimum atomic E-state index is 0.615. The summed E-state index contributed by atoms with van der Waals surface area (Å²) in [5.41, 5.74) is 7.09. The summed E-state index contributed by atoms with van der Waals surface area (Å²) in [6, 6.07) is 12.6. The van der Waals surface area contributed by atoms with Crippen LogP contribution in [-0.4, -0.2) is 18.2 Å². The molecule has 5 heteroatoms. The average molecular weight is 310 g/mol. The minimum Gasteiger partial charge on any atom is -0.383 e. The van der Waals surface area contributed by atoms with Crippen molar-refractivity contribution in [3.05, 3.63) is 47.5 Å². The van der Waals surface area contributed by atoms with Crippen molar-refractivity contribution in [2.45, 2.75) is 12.8 Å². The maximum atomic E-state index is 5.48. The largest absolute Gasteiger partial charge is 0.383 e. The Kier molecular flexibility index (Phi) is 3.35. The molecule has 0 amide bonds. The minimum absolute atomic E-state index is 0.615. The number of benzene rings is 2. The first-order valence-electron chi connectivity index (χ1n) is 7.61. The first-order valence-corrected chi connectivity index (χ1v) is 8.01.